The van der Waals surface area contributed by atoms with Crippen molar-refractivity contribution >= 4 is 5.91 Å². The number of nitrogens with two attached hydrogens (primary N) is 1. The van der Waals surface area contributed by atoms with Crippen LogP contribution in [0.5, 0.6) is 0 Å². The molecule has 0 radical (unpaired) electrons. The van der Waals surface area contributed by atoms with Crippen molar-refractivity contribution in [1.82, 2.24) is 20.7 Å². The Labute approximate surface area is 95.0 Å². The van der Waals surface area contributed by atoms with Crippen LogP contribution in [0.15, 0.2) is 6.20 Å². The molecule has 16 heavy (non-hydrogen) atoms. The van der Waals surface area contributed by atoms with E-state index in [2.05, 4.69) is 34.6 Å². The fraction of sp³-hybridized carbons (Fsp3) is 0.700. The molecule has 6 nitrogen and oxygen atoms in total. The number of amides is 1. The highest BCUT2D eigenvalue weighted by Gasteiger charge is 2.19. The lowest BCUT2D eigenvalue weighted by molar-refractivity contribution is 0.0929. The Kier molecular flexibility index (Phi) is 4.42. The first kappa shape index (κ1) is 12.6. The first-order valence-electron chi connectivity index (χ1n) is 5.39. The average molecular weight is 225 g/mol. The molecule has 0 aliphatic rings. The third-order valence-corrected chi connectivity index (χ3v) is 2.43. The Morgan fingerprint density at radius 3 is 2.94 bits per heavy atom. The summed E-state index contributed by atoms with van der Waals surface area (Å²) in [6.45, 7) is 5.50. The zero-order chi connectivity index (χ0) is 12.0. The van der Waals surface area contributed by atoms with Gasteiger partial charge in [0.15, 0.2) is 5.69 Å². The molecule has 4 N–H and O–H groups in total. The van der Waals surface area contributed by atoms with Crippen LogP contribution in [0.4, 0.5) is 0 Å². The van der Waals surface area contributed by atoms with Gasteiger partial charge in [0, 0.05) is 6.54 Å². The Morgan fingerprint density at radius 1 is 1.62 bits per heavy atom. The minimum absolute atomic E-state index is 0.0543. The van der Waals surface area contributed by atoms with Gasteiger partial charge in [-0.25, -0.2) is 0 Å². The summed E-state index contributed by atoms with van der Waals surface area (Å²) in [5.41, 5.74) is 5.83. The summed E-state index contributed by atoms with van der Waals surface area (Å²) >= 11 is 0. The van der Waals surface area contributed by atoms with Crippen LogP contribution in [0.2, 0.25) is 0 Å². The maximum Gasteiger partial charge on any atom is 0.273 e. The van der Waals surface area contributed by atoms with Gasteiger partial charge in [0.05, 0.1) is 6.20 Å². The zero-order valence-electron chi connectivity index (χ0n) is 9.79. The molecule has 1 aromatic heterocycles. The average Bonchev–Trinajstić information content (AvgIpc) is 2.77. The molecule has 0 unspecified atom stereocenters. The summed E-state index contributed by atoms with van der Waals surface area (Å²) in [7, 11) is 0. The van der Waals surface area contributed by atoms with Crippen LogP contribution in [0.3, 0.4) is 0 Å². The highest BCUT2D eigenvalue weighted by Crippen LogP contribution is 2.20. The smallest absolute Gasteiger partial charge is 0.273 e. The number of nitrogens with one attached hydrogen (secondary N) is 2. The number of H-pyrrole nitrogens is 1. The van der Waals surface area contributed by atoms with Crippen LogP contribution in [-0.2, 0) is 0 Å². The largest absolute Gasteiger partial charge is 0.350 e. The summed E-state index contributed by atoms with van der Waals surface area (Å²) in [4.78, 5) is 11.6. The van der Waals surface area contributed by atoms with Crippen molar-refractivity contribution in [2.75, 3.05) is 13.1 Å². The highest BCUT2D eigenvalue weighted by atomic mass is 16.1. The monoisotopic (exact) mass is 225 g/mol. The van der Waals surface area contributed by atoms with Crippen molar-refractivity contribution in [1.29, 1.82) is 0 Å². The summed E-state index contributed by atoms with van der Waals surface area (Å²) in [6, 6.07) is 0. The summed E-state index contributed by atoms with van der Waals surface area (Å²) < 4.78 is 0. The van der Waals surface area contributed by atoms with Gasteiger partial charge >= 0.3 is 0 Å². The van der Waals surface area contributed by atoms with Crippen LogP contribution in [-0.4, -0.2) is 34.4 Å². The number of nitrogens with zero attached hydrogens (tertiary/aromatic N) is 2. The van der Waals surface area contributed by atoms with Crippen molar-refractivity contribution in [3.63, 3.8) is 0 Å². The maximum atomic E-state index is 11.6. The van der Waals surface area contributed by atoms with Gasteiger partial charge in [0.25, 0.3) is 5.91 Å². The third-order valence-electron chi connectivity index (χ3n) is 2.43. The van der Waals surface area contributed by atoms with E-state index in [0.29, 0.717) is 18.8 Å². The van der Waals surface area contributed by atoms with E-state index < -0.39 is 0 Å². The Hall–Kier alpha value is -1.43. The van der Waals surface area contributed by atoms with Gasteiger partial charge < -0.3 is 11.1 Å². The minimum atomic E-state index is -0.199. The second-order valence-corrected chi connectivity index (χ2v) is 4.59. The quantitative estimate of drug-likeness (QED) is 0.648. The Morgan fingerprint density at radius 2 is 2.38 bits per heavy atom. The number of hydrogen-bond donors (Lipinski definition) is 3. The van der Waals surface area contributed by atoms with Crippen LogP contribution in [0, 0.1) is 5.41 Å². The van der Waals surface area contributed by atoms with Gasteiger partial charge in [-0.3, -0.25) is 4.79 Å². The lowest BCUT2D eigenvalue weighted by atomic mass is 9.88. The molecule has 1 rings (SSSR count). The molecule has 1 heterocycles. The lowest BCUT2D eigenvalue weighted by Gasteiger charge is -2.24. The second-order valence-electron chi connectivity index (χ2n) is 4.59. The van der Waals surface area contributed by atoms with E-state index in [1.807, 2.05) is 0 Å². The van der Waals surface area contributed by atoms with Crippen molar-refractivity contribution < 1.29 is 4.79 Å². The number of aromatic nitrogens is 3. The van der Waals surface area contributed by atoms with Crippen molar-refractivity contribution in [3.8, 4) is 0 Å². The molecule has 0 aromatic carbocycles. The normalized spacial score (nSPS) is 11.4. The molecule has 0 atom stereocenters. The number of hydrogen-bond acceptors (Lipinski definition) is 4. The van der Waals surface area contributed by atoms with E-state index in [-0.39, 0.29) is 11.3 Å². The molecule has 0 saturated carbocycles. The van der Waals surface area contributed by atoms with Crippen LogP contribution < -0.4 is 11.1 Å². The van der Waals surface area contributed by atoms with Gasteiger partial charge in [-0.1, -0.05) is 13.8 Å². The molecule has 90 valence electrons. The number of aromatic amines is 1. The Bertz CT molecular complexity index is 320. The summed E-state index contributed by atoms with van der Waals surface area (Å²) in [6.07, 6.45) is 3.36. The van der Waals surface area contributed by atoms with Gasteiger partial charge in [0.2, 0.25) is 0 Å². The van der Waals surface area contributed by atoms with E-state index >= 15 is 0 Å². The van der Waals surface area contributed by atoms with E-state index in [1.54, 1.807) is 0 Å². The molecule has 0 saturated heterocycles. The molecule has 6 heteroatoms. The van der Waals surface area contributed by atoms with Gasteiger partial charge in [-0.15, -0.1) is 0 Å². The lowest BCUT2D eigenvalue weighted by Crippen LogP contribution is -2.34. The fourth-order valence-corrected chi connectivity index (χ4v) is 1.39. The van der Waals surface area contributed by atoms with Gasteiger partial charge in [-0.05, 0) is 24.8 Å². The number of rotatable bonds is 6. The maximum absolute atomic E-state index is 11.6. The highest BCUT2D eigenvalue weighted by molar-refractivity contribution is 5.91. The van der Waals surface area contributed by atoms with Crippen molar-refractivity contribution in [2.45, 2.75) is 26.7 Å². The Balaban J connectivity index is 2.36. The third kappa shape index (κ3) is 3.98. The SMILES string of the molecule is CC(C)(CCCN)CNC(=O)c1cn[nH]n1. The zero-order valence-corrected chi connectivity index (χ0v) is 9.79. The number of carbonyl (C=O) groups is 1. The van der Waals surface area contributed by atoms with E-state index in [9.17, 15) is 4.79 Å². The topological polar surface area (TPSA) is 96.7 Å². The standard InChI is InChI=1S/C10H19N5O/c1-10(2,4-3-5-11)7-12-9(16)8-6-13-15-14-8/h6H,3-5,7,11H2,1-2H3,(H,12,16)(H,13,14,15). The summed E-state index contributed by atoms with van der Waals surface area (Å²) in [5.74, 6) is -0.199. The van der Waals surface area contributed by atoms with E-state index in [4.69, 9.17) is 5.73 Å². The van der Waals surface area contributed by atoms with Crippen molar-refractivity contribution in [2.24, 2.45) is 11.1 Å². The molecule has 1 aromatic rings. The minimum Gasteiger partial charge on any atom is -0.350 e. The molecule has 1 amide bonds. The van der Waals surface area contributed by atoms with Gasteiger partial charge in [-0.2, -0.15) is 15.4 Å². The fourth-order valence-electron chi connectivity index (χ4n) is 1.39. The van der Waals surface area contributed by atoms with E-state index in [0.717, 1.165) is 12.8 Å². The molecule has 0 spiro atoms. The van der Waals surface area contributed by atoms with Crippen LogP contribution in [0.1, 0.15) is 37.2 Å². The number of carbonyl (C=O) groups excluding carboxylic acids is 1. The second kappa shape index (κ2) is 5.60. The van der Waals surface area contributed by atoms with Crippen molar-refractivity contribution in [3.05, 3.63) is 11.9 Å². The molecule has 0 aliphatic carbocycles. The predicted octanol–water partition coefficient (Wildman–Crippen LogP) is 0.300. The summed E-state index contributed by atoms with van der Waals surface area (Å²) in [5, 5.41) is 12.5. The predicted molar refractivity (Wildman–Crippen MR) is 60.8 cm³/mol. The molecule has 0 aliphatic heterocycles. The van der Waals surface area contributed by atoms with Crippen LogP contribution >= 0.6 is 0 Å². The molecule has 0 bridgehead atoms. The van der Waals surface area contributed by atoms with Gasteiger partial charge in [0.1, 0.15) is 0 Å². The van der Waals surface area contributed by atoms with Crippen LogP contribution in [0.25, 0.3) is 0 Å². The molecule has 0 fully saturated rings. The first-order valence-corrected chi connectivity index (χ1v) is 5.39. The first-order chi connectivity index (χ1) is 7.55. The van der Waals surface area contributed by atoms with E-state index in [1.165, 1.54) is 6.20 Å². The molecular formula is C10H19N5O. The molecular weight excluding hydrogens is 206 g/mol.